The fourth-order valence-electron chi connectivity index (χ4n) is 5.05. The van der Waals surface area contributed by atoms with Crippen molar-refractivity contribution in [3.63, 3.8) is 0 Å². The highest BCUT2D eigenvalue weighted by Crippen LogP contribution is 2.26. The maximum absolute atomic E-state index is 13.3. The van der Waals surface area contributed by atoms with E-state index in [1.54, 1.807) is 13.2 Å². The SMILES string of the molecule is CC=CCC(C)=C[C@H]1CC=CC=CC[C@H](C)C=C(C)[C@@H](OC)CC=C[C@@H](O[C@@H]2O[C@H](OC)[C@@H](O)[C@H](OC)[C@H]2O)CC(=O)O1. The van der Waals surface area contributed by atoms with Gasteiger partial charge in [0.15, 0.2) is 12.6 Å². The molecule has 9 atom stereocenters. The number of esters is 1. The number of aliphatic hydroxyl groups is 2. The Morgan fingerprint density at radius 3 is 2.35 bits per heavy atom. The maximum atomic E-state index is 13.3. The van der Waals surface area contributed by atoms with Crippen LogP contribution in [0.15, 0.2) is 71.9 Å². The first-order valence-corrected chi connectivity index (χ1v) is 15.0. The zero-order chi connectivity index (χ0) is 31.8. The van der Waals surface area contributed by atoms with Gasteiger partial charge in [-0.3, -0.25) is 4.79 Å². The summed E-state index contributed by atoms with van der Waals surface area (Å²) in [6.45, 7) is 8.19. The van der Waals surface area contributed by atoms with E-state index >= 15 is 0 Å². The van der Waals surface area contributed by atoms with E-state index in [1.165, 1.54) is 14.2 Å². The van der Waals surface area contributed by atoms with Gasteiger partial charge in [0, 0.05) is 27.8 Å². The Hall–Kier alpha value is -2.37. The molecule has 9 heteroatoms. The smallest absolute Gasteiger partial charge is 0.309 e. The van der Waals surface area contributed by atoms with Gasteiger partial charge < -0.3 is 38.6 Å². The molecule has 242 valence electrons. The van der Waals surface area contributed by atoms with Crippen LogP contribution < -0.4 is 0 Å². The molecular weight excluding hydrogens is 552 g/mol. The molecule has 2 aliphatic heterocycles. The molecule has 0 amide bonds. The standard InChI is InChI=1S/C34H52O9/c1-8-9-15-24(3)21-26-17-13-11-10-12-16-23(2)20-25(4)28(38-5)19-14-18-27(22-29(35)41-26)42-34-31(37)32(39-6)30(36)33(40-7)43-34/h8-14,18,20-21,23,26-28,30-34,36-37H,15-17,19,22H2,1-7H3/t23-,26+,27+,28-,30-,31+,32-,33-,34+/m0/s1. The zero-order valence-corrected chi connectivity index (χ0v) is 26.8. The number of hydrogen-bond acceptors (Lipinski definition) is 9. The lowest BCUT2D eigenvalue weighted by atomic mass is 9.99. The number of hydrogen-bond donors (Lipinski definition) is 2. The first-order valence-electron chi connectivity index (χ1n) is 15.0. The molecule has 0 aliphatic carbocycles. The molecule has 1 fully saturated rings. The van der Waals surface area contributed by atoms with Gasteiger partial charge in [-0.1, -0.05) is 67.2 Å². The summed E-state index contributed by atoms with van der Waals surface area (Å²) in [7, 11) is 4.42. The molecule has 0 saturated carbocycles. The lowest BCUT2D eigenvalue weighted by molar-refractivity contribution is -0.352. The van der Waals surface area contributed by atoms with Crippen molar-refractivity contribution in [3.8, 4) is 0 Å². The van der Waals surface area contributed by atoms with Gasteiger partial charge in [0.05, 0.1) is 18.6 Å². The van der Waals surface area contributed by atoms with Crippen LogP contribution in [0, 0.1) is 5.92 Å². The fourth-order valence-corrected chi connectivity index (χ4v) is 5.05. The molecule has 0 aromatic rings. The number of cyclic esters (lactones) is 1. The third kappa shape index (κ3) is 12.6. The van der Waals surface area contributed by atoms with Gasteiger partial charge in [-0.05, 0) is 57.6 Å². The van der Waals surface area contributed by atoms with E-state index < -0.39 is 49.1 Å². The predicted octanol–water partition coefficient (Wildman–Crippen LogP) is 5.10. The summed E-state index contributed by atoms with van der Waals surface area (Å²) in [4.78, 5) is 13.3. The van der Waals surface area contributed by atoms with Crippen molar-refractivity contribution in [2.75, 3.05) is 21.3 Å². The molecule has 0 aromatic carbocycles. The van der Waals surface area contributed by atoms with Crippen LogP contribution in [-0.4, -0.2) is 86.7 Å². The number of carbonyl (C=O) groups excluding carboxylic acids is 1. The van der Waals surface area contributed by atoms with Crippen LogP contribution in [0.5, 0.6) is 0 Å². The first kappa shape index (κ1) is 36.8. The van der Waals surface area contributed by atoms with Crippen molar-refractivity contribution in [2.45, 2.75) is 109 Å². The van der Waals surface area contributed by atoms with Gasteiger partial charge in [0.2, 0.25) is 0 Å². The number of allylic oxidation sites excluding steroid dienone is 7. The molecule has 0 unspecified atom stereocenters. The Kier molecular flexibility index (Phi) is 17.0. The van der Waals surface area contributed by atoms with Crippen LogP contribution in [0.4, 0.5) is 0 Å². The highest BCUT2D eigenvalue weighted by Gasteiger charge is 2.46. The van der Waals surface area contributed by atoms with Crippen LogP contribution in [0.2, 0.25) is 0 Å². The summed E-state index contributed by atoms with van der Waals surface area (Å²) in [6.07, 6.45) is 15.2. The van der Waals surface area contributed by atoms with E-state index in [1.807, 2.05) is 57.2 Å². The minimum absolute atomic E-state index is 0.133. The topological polar surface area (TPSA) is 113 Å². The van der Waals surface area contributed by atoms with E-state index in [9.17, 15) is 15.0 Å². The monoisotopic (exact) mass is 604 g/mol. The van der Waals surface area contributed by atoms with E-state index in [0.717, 1.165) is 24.0 Å². The van der Waals surface area contributed by atoms with Crippen molar-refractivity contribution in [1.29, 1.82) is 0 Å². The Morgan fingerprint density at radius 2 is 1.70 bits per heavy atom. The summed E-state index contributed by atoms with van der Waals surface area (Å²) in [5.74, 6) is -0.139. The quantitative estimate of drug-likeness (QED) is 0.289. The number of rotatable bonds is 8. The normalized spacial score (nSPS) is 34.1. The molecule has 9 nitrogen and oxygen atoms in total. The second kappa shape index (κ2) is 19.8. The lowest BCUT2D eigenvalue weighted by Gasteiger charge is -2.41. The Morgan fingerprint density at radius 1 is 1.00 bits per heavy atom. The molecule has 0 spiro atoms. The molecule has 43 heavy (non-hydrogen) atoms. The first-order chi connectivity index (χ1) is 20.6. The van der Waals surface area contributed by atoms with Crippen molar-refractivity contribution in [3.05, 3.63) is 71.9 Å². The Balaban J connectivity index is 2.38. The molecule has 2 N–H and O–H groups in total. The summed E-state index contributed by atoms with van der Waals surface area (Å²) in [6, 6.07) is 0. The van der Waals surface area contributed by atoms with Gasteiger partial charge in [0.1, 0.15) is 24.4 Å². The van der Waals surface area contributed by atoms with Crippen molar-refractivity contribution < 1.29 is 43.4 Å². The second-order valence-corrected chi connectivity index (χ2v) is 11.1. The number of aliphatic hydroxyl groups excluding tert-OH is 2. The fraction of sp³-hybridized carbons (Fsp3) is 0.618. The van der Waals surface area contributed by atoms with Crippen LogP contribution in [-0.2, 0) is 33.2 Å². The van der Waals surface area contributed by atoms with Crippen LogP contribution in [0.3, 0.4) is 0 Å². The molecular formula is C34H52O9. The van der Waals surface area contributed by atoms with Crippen molar-refractivity contribution >= 4 is 5.97 Å². The van der Waals surface area contributed by atoms with Crippen LogP contribution >= 0.6 is 0 Å². The molecule has 0 radical (unpaired) electrons. The summed E-state index contributed by atoms with van der Waals surface area (Å²) < 4.78 is 34.0. The van der Waals surface area contributed by atoms with Gasteiger partial charge >= 0.3 is 5.97 Å². The Labute approximate surface area is 257 Å². The molecule has 0 bridgehead atoms. The van der Waals surface area contributed by atoms with Crippen LogP contribution in [0.1, 0.15) is 59.8 Å². The molecule has 0 aromatic heterocycles. The van der Waals surface area contributed by atoms with Gasteiger partial charge in [-0.2, -0.15) is 0 Å². The van der Waals surface area contributed by atoms with E-state index in [-0.39, 0.29) is 12.5 Å². The third-order valence-corrected chi connectivity index (χ3v) is 7.41. The van der Waals surface area contributed by atoms with E-state index in [0.29, 0.717) is 18.8 Å². The number of methoxy groups -OCH3 is 3. The van der Waals surface area contributed by atoms with Crippen molar-refractivity contribution in [2.24, 2.45) is 5.92 Å². The second-order valence-electron chi connectivity index (χ2n) is 11.1. The molecule has 2 heterocycles. The molecule has 2 rings (SSSR count). The van der Waals surface area contributed by atoms with Crippen molar-refractivity contribution in [1.82, 2.24) is 0 Å². The average molecular weight is 605 g/mol. The lowest BCUT2D eigenvalue weighted by Crippen LogP contribution is -2.59. The summed E-state index contributed by atoms with van der Waals surface area (Å²) >= 11 is 0. The number of carbonyl (C=O) groups is 1. The molecule has 2 aliphatic rings. The highest BCUT2D eigenvalue weighted by atomic mass is 16.8. The molecule has 1 saturated heterocycles. The minimum atomic E-state index is -1.33. The van der Waals surface area contributed by atoms with Gasteiger partial charge in [-0.15, -0.1) is 0 Å². The highest BCUT2D eigenvalue weighted by molar-refractivity contribution is 5.70. The van der Waals surface area contributed by atoms with E-state index in [4.69, 9.17) is 28.4 Å². The minimum Gasteiger partial charge on any atom is -0.458 e. The van der Waals surface area contributed by atoms with Gasteiger partial charge in [-0.25, -0.2) is 0 Å². The summed E-state index contributed by atoms with van der Waals surface area (Å²) in [5.41, 5.74) is 2.19. The Bertz CT molecular complexity index is 1010. The number of ether oxygens (including phenoxy) is 6. The maximum Gasteiger partial charge on any atom is 0.309 e. The third-order valence-electron chi connectivity index (χ3n) is 7.41. The predicted molar refractivity (Wildman–Crippen MR) is 166 cm³/mol. The van der Waals surface area contributed by atoms with E-state index in [2.05, 4.69) is 25.2 Å². The largest absolute Gasteiger partial charge is 0.458 e. The zero-order valence-electron chi connectivity index (χ0n) is 26.8. The van der Waals surface area contributed by atoms with Crippen LogP contribution in [0.25, 0.3) is 0 Å². The summed E-state index contributed by atoms with van der Waals surface area (Å²) in [5, 5.41) is 21.3. The average Bonchev–Trinajstić information content (AvgIpc) is 2.96. The van der Waals surface area contributed by atoms with Gasteiger partial charge in [0.25, 0.3) is 0 Å².